The Morgan fingerprint density at radius 1 is 0.203 bits per heavy atom. The van der Waals surface area contributed by atoms with Gasteiger partial charge in [0.15, 0.2) is 34.5 Å². The zero-order valence-corrected chi connectivity index (χ0v) is 76.2. The fraction of sp³-hybridized carbons (Fsp3) is 0.333. The summed E-state index contributed by atoms with van der Waals surface area (Å²) in [5.41, 5.74) is 0. The first-order valence-electron chi connectivity index (χ1n) is 46.5. The van der Waals surface area contributed by atoms with E-state index in [1.165, 1.54) is 72.9 Å². The topological polar surface area (TPSA) is 344 Å². The van der Waals surface area contributed by atoms with E-state index < -0.39 is 35.8 Å². The molecule has 6 atom stereocenters. The van der Waals surface area contributed by atoms with Crippen LogP contribution in [0.1, 0.15) is 77.0 Å². The second-order valence-corrected chi connectivity index (χ2v) is 32.8. The van der Waals surface area contributed by atoms with Gasteiger partial charge in [-0.15, -0.1) is 0 Å². The molecule has 6 fully saturated rings. The summed E-state index contributed by atoms with van der Waals surface area (Å²) >= 11 is 0. The van der Waals surface area contributed by atoms with Gasteiger partial charge in [0.1, 0.15) is 109 Å². The number of esters is 6. The highest BCUT2D eigenvalue weighted by molar-refractivity contribution is 6.27. The molecule has 16 rings (SSSR count). The molecule has 6 aliphatic rings. The van der Waals surface area contributed by atoms with Crippen LogP contribution in [0, 0.1) is 0 Å². The Labute approximate surface area is 797 Å². The third kappa shape index (κ3) is 33.0. The van der Waals surface area contributed by atoms with Crippen molar-refractivity contribution >= 4 is 68.1 Å². The van der Waals surface area contributed by atoms with Crippen molar-refractivity contribution in [1.29, 1.82) is 0 Å². The Morgan fingerprint density at radius 3 is 0.449 bits per heavy atom. The molecule has 0 radical (unpaired) electrons. The van der Waals surface area contributed by atoms with Crippen molar-refractivity contribution in [2.45, 2.75) is 114 Å². The van der Waals surface area contributed by atoms with Gasteiger partial charge in [0.2, 0.25) is 0 Å². The van der Waals surface area contributed by atoms with E-state index in [1.807, 2.05) is 0 Å². The first-order chi connectivity index (χ1) is 67.8. The molecule has 6 aliphatic heterocycles. The van der Waals surface area contributed by atoms with Gasteiger partial charge < -0.3 is 114 Å². The predicted molar refractivity (Wildman–Crippen MR) is 506 cm³/mol. The summed E-state index contributed by atoms with van der Waals surface area (Å²) in [6, 6.07) is 50.6. The van der Waals surface area contributed by atoms with E-state index in [1.54, 1.807) is 146 Å². The molecule has 6 unspecified atom stereocenters. The molecule has 30 heteroatoms. The van der Waals surface area contributed by atoms with Crippen molar-refractivity contribution in [3.8, 4) is 103 Å². The lowest BCUT2D eigenvalue weighted by Crippen LogP contribution is -2.11. The number of hydrogen-bond acceptors (Lipinski definition) is 30. The minimum Gasteiger partial charge on any atom is -0.494 e. The van der Waals surface area contributed by atoms with Crippen molar-refractivity contribution in [2.24, 2.45) is 0 Å². The Morgan fingerprint density at radius 2 is 0.326 bits per heavy atom. The van der Waals surface area contributed by atoms with Crippen molar-refractivity contribution in [1.82, 2.24) is 0 Å². The smallest absolute Gasteiger partial charge is 0.336 e. The van der Waals surface area contributed by atoms with Crippen LogP contribution in [0.15, 0.2) is 255 Å². The van der Waals surface area contributed by atoms with E-state index in [9.17, 15) is 28.8 Å². The maximum Gasteiger partial charge on any atom is 0.336 e. The third-order valence-corrected chi connectivity index (χ3v) is 22.0. The maximum atomic E-state index is 14.4. The fourth-order valence-corrected chi connectivity index (χ4v) is 14.3. The summed E-state index contributed by atoms with van der Waals surface area (Å²) in [5.74, 6) is -0.806. The van der Waals surface area contributed by atoms with Gasteiger partial charge in [-0.25, -0.2) is 28.8 Å². The number of rotatable bonds is 60. The molecule has 10 aromatic rings. The highest BCUT2D eigenvalue weighted by Gasteiger charge is 2.29. The van der Waals surface area contributed by atoms with E-state index >= 15 is 0 Å². The lowest BCUT2D eigenvalue weighted by atomic mass is 9.93. The maximum absolute atomic E-state index is 14.4. The van der Waals surface area contributed by atoms with E-state index in [2.05, 4.69) is 0 Å². The van der Waals surface area contributed by atoms with Gasteiger partial charge in [0.25, 0.3) is 0 Å². The van der Waals surface area contributed by atoms with Crippen molar-refractivity contribution in [3.63, 3.8) is 0 Å². The van der Waals surface area contributed by atoms with Gasteiger partial charge in [0.05, 0.1) is 116 Å². The summed E-state index contributed by atoms with van der Waals surface area (Å²) in [4.78, 5) is 86.7. The Balaban J connectivity index is 0.736. The Bertz CT molecular complexity index is 4940. The SMILES string of the molecule is O=C(C=CCOc1ccc(OCCCC2CO2)cc1)Oc1cc2c3cc(OC(=O)C=CCOc4ccc(OCCCC5CO5)cc4)c(OC(=O)C=CCOc4ccc(OCCCC5CO5)cc4)cc3c3cc(OC(=O)C=CCOc4ccc(OCCCC5CO5)cc4)c(OC(=O)C=CCOc4ccc(OCCCC5CO5)cc4)cc3c2cc1OC(=O)C=CCOc1ccc(OCCCC2CO2)cc1. The van der Waals surface area contributed by atoms with Crippen molar-refractivity contribution in [2.75, 3.05) is 119 Å². The molecule has 10 aromatic carbocycles. The number of carbonyl (C=O) groups excluding carboxylic acids is 6. The van der Waals surface area contributed by atoms with Gasteiger partial charge in [-0.3, -0.25) is 0 Å². The fourth-order valence-electron chi connectivity index (χ4n) is 14.3. The second-order valence-electron chi connectivity index (χ2n) is 32.8. The average molecular weight is 1890 g/mol. The van der Waals surface area contributed by atoms with E-state index in [0.717, 1.165) is 153 Å². The lowest BCUT2D eigenvalue weighted by Gasteiger charge is -2.18. The number of fused-ring (bicyclic) bond motifs is 6. The lowest BCUT2D eigenvalue weighted by molar-refractivity contribution is -0.131. The van der Waals surface area contributed by atoms with Crippen LogP contribution in [0.5, 0.6) is 103 Å². The molecule has 720 valence electrons. The number of ether oxygens (including phenoxy) is 24. The molecule has 6 heterocycles. The van der Waals surface area contributed by atoms with Gasteiger partial charge in [-0.1, -0.05) is 0 Å². The minimum absolute atomic E-state index is 0.0956. The monoisotopic (exact) mass is 1880 g/mol. The predicted octanol–water partition coefficient (Wildman–Crippen LogP) is 17.7. The summed E-state index contributed by atoms with van der Waals surface area (Å²) in [6.45, 7) is 7.18. The second kappa shape index (κ2) is 50.4. The van der Waals surface area contributed by atoms with Crippen LogP contribution < -0.4 is 85.3 Å². The normalized spacial score (nSPS) is 17.0. The highest BCUT2D eigenvalue weighted by atomic mass is 16.6. The molecule has 0 aliphatic carbocycles. The van der Waals surface area contributed by atoms with Gasteiger partial charge in [0, 0.05) is 36.5 Å². The molecule has 0 spiro atoms. The number of hydrogen-bond donors (Lipinski definition) is 0. The van der Waals surface area contributed by atoms with Crippen LogP contribution in [0.4, 0.5) is 0 Å². The van der Waals surface area contributed by atoms with E-state index in [0.29, 0.717) is 145 Å². The molecule has 0 aromatic heterocycles. The van der Waals surface area contributed by atoms with Crippen LogP contribution in [0.25, 0.3) is 32.3 Å². The summed E-state index contributed by atoms with van der Waals surface area (Å²) in [7, 11) is 0. The molecule has 6 saturated heterocycles. The van der Waals surface area contributed by atoms with Crippen LogP contribution >= 0.6 is 0 Å². The van der Waals surface area contributed by atoms with Gasteiger partial charge >= 0.3 is 35.8 Å². The molecule has 0 N–H and O–H groups in total. The first kappa shape index (κ1) is 96.7. The zero-order valence-electron chi connectivity index (χ0n) is 76.2. The van der Waals surface area contributed by atoms with Crippen LogP contribution in [-0.4, -0.2) is 191 Å². The van der Waals surface area contributed by atoms with Crippen LogP contribution in [0.2, 0.25) is 0 Å². The first-order valence-corrected chi connectivity index (χ1v) is 46.5. The number of epoxide rings is 6. The average Bonchev–Trinajstić information content (AvgIpc) is 1.27. The van der Waals surface area contributed by atoms with Crippen molar-refractivity contribution < 1.29 is 142 Å². The number of benzene rings is 10. The third-order valence-electron chi connectivity index (χ3n) is 22.0. The molecule has 0 bridgehead atoms. The summed E-state index contributed by atoms with van der Waals surface area (Å²) < 4.78 is 140. The molecule has 0 saturated carbocycles. The van der Waals surface area contributed by atoms with E-state index in [-0.39, 0.29) is 106 Å². The molecular formula is C108H108O30. The Hall–Kier alpha value is -14.4. The van der Waals surface area contributed by atoms with E-state index in [4.69, 9.17) is 114 Å². The molecule has 0 amide bonds. The molecule has 30 nitrogen and oxygen atoms in total. The summed E-state index contributed by atoms with van der Waals surface area (Å²) in [6.07, 6.45) is 27.7. The molecular weight excluding hydrogens is 1780 g/mol. The highest BCUT2D eigenvalue weighted by Crippen LogP contribution is 2.48. The standard InChI is InChI=1S/C108H108O30/c109-103(19-7-55-121-79-37-25-73(26-38-79)115-49-1-13-85-67-127-85)133-97-61-91-92(62-98(97)134-104(110)20-8-56-122-80-39-27-74(28-40-80)116-50-2-14-86-68-128-86)94-64-100(136-106(112)22-10-58-124-82-43-31-76(32-44-82)118-52-4-16-88-70-130-88)102(138-108(114)24-12-60-126-84-47-35-78(36-48-84)120-54-6-18-90-72-132-90)66-96(94)95-65-101(137-107(113)23-11-59-125-83-45-33-77(34-46-83)119-53-5-17-89-71-131-89)99(63-93(91)95)135-105(111)21-9-57-123-81-41-29-75(30-42-81)117-51-3-15-87-69-129-87/h7-12,19-48,61-66,85-90H,1-6,13-18,49-60,67-72H2. The molecule has 138 heavy (non-hydrogen) atoms. The Kier molecular flexibility index (Phi) is 35.3. The van der Waals surface area contributed by atoms with Crippen molar-refractivity contribution in [3.05, 3.63) is 255 Å². The van der Waals surface area contributed by atoms with Gasteiger partial charge in [-0.2, -0.15) is 0 Å². The minimum atomic E-state index is -0.948. The van der Waals surface area contributed by atoms with Crippen LogP contribution in [-0.2, 0) is 57.2 Å². The summed E-state index contributed by atoms with van der Waals surface area (Å²) in [5, 5.41) is 1.17. The quantitative estimate of drug-likeness (QED) is 0.00853. The van der Waals surface area contributed by atoms with Crippen LogP contribution in [0.3, 0.4) is 0 Å². The number of carbonyl (C=O) groups is 6. The van der Waals surface area contributed by atoms with Gasteiger partial charge in [-0.05, 0) is 328 Å². The zero-order chi connectivity index (χ0) is 94.7. The largest absolute Gasteiger partial charge is 0.494 e.